The first-order valence-electron chi connectivity index (χ1n) is 3.10. The highest BCUT2D eigenvalue weighted by Crippen LogP contribution is 2.19. The maximum Gasteiger partial charge on any atom is 0.191 e. The Hall–Kier alpha value is -1.44. The van der Waals surface area contributed by atoms with E-state index >= 15 is 0 Å². The maximum absolute atomic E-state index is 5.42. The number of furan rings is 1. The van der Waals surface area contributed by atoms with Crippen LogP contribution in [0.4, 0.5) is 5.88 Å². The van der Waals surface area contributed by atoms with E-state index in [-0.39, 0.29) is 0 Å². The monoisotopic (exact) mass is 133 g/mol. The summed E-state index contributed by atoms with van der Waals surface area (Å²) in [5.41, 5.74) is 6.27. The Morgan fingerprint density at radius 3 is 2.80 bits per heavy atom. The molecule has 0 bridgehead atoms. The Labute approximate surface area is 58.2 Å². The third-order valence-corrected chi connectivity index (χ3v) is 1.44. The van der Waals surface area contributed by atoms with E-state index in [2.05, 4.69) is 0 Å². The Kier molecular flexibility index (Phi) is 0.947. The number of nitrogens with two attached hydrogens (primary N) is 1. The van der Waals surface area contributed by atoms with Gasteiger partial charge in [-0.3, -0.25) is 0 Å². The van der Waals surface area contributed by atoms with Crippen LogP contribution in [0, 0.1) is 0 Å². The number of nitrogen functional groups attached to an aromatic ring is 1. The van der Waals surface area contributed by atoms with Crippen molar-refractivity contribution in [2.24, 2.45) is 0 Å². The van der Waals surface area contributed by atoms with E-state index < -0.39 is 0 Å². The number of rotatable bonds is 0. The second-order valence-electron chi connectivity index (χ2n) is 2.19. The summed E-state index contributed by atoms with van der Waals surface area (Å²) in [6.07, 6.45) is 0. The summed E-state index contributed by atoms with van der Waals surface area (Å²) in [7, 11) is 0. The molecule has 0 saturated heterocycles. The van der Waals surface area contributed by atoms with E-state index in [0.717, 1.165) is 11.0 Å². The molecule has 0 radical (unpaired) electrons. The number of para-hydroxylation sites is 1. The lowest BCUT2D eigenvalue weighted by Crippen LogP contribution is -1.75. The molecular formula is C8H7NO. The molecule has 2 rings (SSSR count). The van der Waals surface area contributed by atoms with Gasteiger partial charge in [0.1, 0.15) is 5.58 Å². The van der Waals surface area contributed by atoms with Crippen molar-refractivity contribution in [1.29, 1.82) is 0 Å². The van der Waals surface area contributed by atoms with Crippen LogP contribution in [-0.4, -0.2) is 0 Å². The molecule has 0 aliphatic carbocycles. The summed E-state index contributed by atoms with van der Waals surface area (Å²) < 4.78 is 5.15. The standard InChI is InChI=1S/C8H7NO/c9-8-5-6-3-1-2-4-7(6)10-8/h1-5H,9H2. The van der Waals surface area contributed by atoms with Gasteiger partial charge in [-0.15, -0.1) is 0 Å². The fraction of sp³-hybridized carbons (Fsp3) is 0. The number of hydrogen-bond acceptors (Lipinski definition) is 2. The normalized spacial score (nSPS) is 10.4. The van der Waals surface area contributed by atoms with Crippen LogP contribution < -0.4 is 5.73 Å². The molecule has 2 nitrogen and oxygen atoms in total. The molecule has 0 unspecified atom stereocenters. The summed E-state index contributed by atoms with van der Waals surface area (Å²) in [5.74, 6) is 0.473. The van der Waals surface area contributed by atoms with Gasteiger partial charge in [0.15, 0.2) is 5.88 Å². The van der Waals surface area contributed by atoms with Crippen molar-refractivity contribution in [2.45, 2.75) is 0 Å². The van der Waals surface area contributed by atoms with Crippen molar-refractivity contribution < 1.29 is 4.42 Å². The average Bonchev–Trinajstić information content (AvgIpc) is 2.27. The molecule has 1 aromatic carbocycles. The molecule has 0 fully saturated rings. The second kappa shape index (κ2) is 1.77. The SMILES string of the molecule is Nc1cc2ccccc2o1. The Bertz CT molecular complexity index is 318. The number of benzene rings is 1. The van der Waals surface area contributed by atoms with Crippen LogP contribution >= 0.6 is 0 Å². The van der Waals surface area contributed by atoms with Crippen LogP contribution in [0.3, 0.4) is 0 Å². The van der Waals surface area contributed by atoms with Crippen molar-refractivity contribution >= 4 is 16.9 Å². The highest BCUT2D eigenvalue weighted by atomic mass is 16.3. The van der Waals surface area contributed by atoms with Crippen molar-refractivity contribution in [3.8, 4) is 0 Å². The Balaban J connectivity index is 2.88. The molecule has 50 valence electrons. The van der Waals surface area contributed by atoms with Gasteiger partial charge in [0, 0.05) is 11.5 Å². The van der Waals surface area contributed by atoms with Crippen molar-refractivity contribution in [2.75, 3.05) is 5.73 Å². The minimum absolute atomic E-state index is 0.473. The molecule has 0 aliphatic rings. The van der Waals surface area contributed by atoms with Crippen LogP contribution in [0.15, 0.2) is 34.7 Å². The predicted molar refractivity (Wildman–Crippen MR) is 40.6 cm³/mol. The lowest BCUT2D eigenvalue weighted by atomic mass is 10.3. The lowest BCUT2D eigenvalue weighted by Gasteiger charge is -1.81. The van der Waals surface area contributed by atoms with Gasteiger partial charge in [0.25, 0.3) is 0 Å². The number of anilines is 1. The van der Waals surface area contributed by atoms with Gasteiger partial charge in [-0.1, -0.05) is 18.2 Å². The van der Waals surface area contributed by atoms with Crippen LogP contribution in [0.5, 0.6) is 0 Å². The van der Waals surface area contributed by atoms with Crippen LogP contribution in [0.2, 0.25) is 0 Å². The first-order chi connectivity index (χ1) is 4.86. The van der Waals surface area contributed by atoms with Crippen LogP contribution in [-0.2, 0) is 0 Å². The molecule has 0 saturated carbocycles. The highest BCUT2D eigenvalue weighted by Gasteiger charge is 1.96. The smallest absolute Gasteiger partial charge is 0.191 e. The van der Waals surface area contributed by atoms with Gasteiger partial charge < -0.3 is 10.2 Å². The Morgan fingerprint density at radius 1 is 1.20 bits per heavy atom. The summed E-state index contributed by atoms with van der Waals surface area (Å²) >= 11 is 0. The van der Waals surface area contributed by atoms with Gasteiger partial charge in [-0.2, -0.15) is 0 Å². The van der Waals surface area contributed by atoms with E-state index in [1.807, 2.05) is 30.3 Å². The lowest BCUT2D eigenvalue weighted by molar-refractivity contribution is 0.637. The zero-order valence-electron chi connectivity index (χ0n) is 5.37. The topological polar surface area (TPSA) is 39.2 Å². The minimum atomic E-state index is 0.473. The average molecular weight is 133 g/mol. The second-order valence-corrected chi connectivity index (χ2v) is 2.19. The fourth-order valence-corrected chi connectivity index (χ4v) is 1.00. The molecule has 0 spiro atoms. The van der Waals surface area contributed by atoms with E-state index in [9.17, 15) is 0 Å². The minimum Gasteiger partial charge on any atom is -0.441 e. The fourth-order valence-electron chi connectivity index (χ4n) is 1.00. The van der Waals surface area contributed by atoms with E-state index in [0.29, 0.717) is 5.88 Å². The molecule has 1 aromatic heterocycles. The van der Waals surface area contributed by atoms with Gasteiger partial charge >= 0.3 is 0 Å². The molecule has 2 N–H and O–H groups in total. The largest absolute Gasteiger partial charge is 0.441 e. The molecule has 0 aliphatic heterocycles. The predicted octanol–water partition coefficient (Wildman–Crippen LogP) is 2.01. The third kappa shape index (κ3) is 0.658. The summed E-state index contributed by atoms with van der Waals surface area (Å²) in [6, 6.07) is 9.55. The quantitative estimate of drug-likeness (QED) is 0.597. The van der Waals surface area contributed by atoms with Gasteiger partial charge in [-0.05, 0) is 6.07 Å². The van der Waals surface area contributed by atoms with Crippen LogP contribution in [0.1, 0.15) is 0 Å². The summed E-state index contributed by atoms with van der Waals surface area (Å²) in [4.78, 5) is 0. The van der Waals surface area contributed by atoms with E-state index in [1.54, 1.807) is 0 Å². The molecule has 1 heterocycles. The number of fused-ring (bicyclic) bond motifs is 1. The van der Waals surface area contributed by atoms with Crippen molar-refractivity contribution in [3.63, 3.8) is 0 Å². The summed E-state index contributed by atoms with van der Waals surface area (Å²) in [6.45, 7) is 0. The van der Waals surface area contributed by atoms with Gasteiger partial charge in [0.05, 0.1) is 0 Å². The molecule has 10 heavy (non-hydrogen) atoms. The molecule has 0 atom stereocenters. The van der Waals surface area contributed by atoms with Crippen LogP contribution in [0.25, 0.3) is 11.0 Å². The molecule has 2 heteroatoms. The zero-order valence-corrected chi connectivity index (χ0v) is 5.37. The Morgan fingerprint density at radius 2 is 2.00 bits per heavy atom. The van der Waals surface area contributed by atoms with Gasteiger partial charge in [0.2, 0.25) is 0 Å². The molecular weight excluding hydrogens is 126 g/mol. The first kappa shape index (κ1) is 5.35. The van der Waals surface area contributed by atoms with Gasteiger partial charge in [-0.25, -0.2) is 0 Å². The summed E-state index contributed by atoms with van der Waals surface area (Å²) in [5, 5.41) is 1.06. The maximum atomic E-state index is 5.42. The third-order valence-electron chi connectivity index (χ3n) is 1.44. The molecule has 0 amide bonds. The van der Waals surface area contributed by atoms with E-state index in [1.165, 1.54) is 0 Å². The number of hydrogen-bond donors (Lipinski definition) is 1. The molecule has 2 aromatic rings. The highest BCUT2D eigenvalue weighted by molar-refractivity contribution is 5.80. The van der Waals surface area contributed by atoms with Crippen molar-refractivity contribution in [1.82, 2.24) is 0 Å². The van der Waals surface area contributed by atoms with Crippen molar-refractivity contribution in [3.05, 3.63) is 30.3 Å². The first-order valence-corrected chi connectivity index (χ1v) is 3.10. The van der Waals surface area contributed by atoms with E-state index in [4.69, 9.17) is 10.2 Å². The zero-order chi connectivity index (χ0) is 6.97.